The van der Waals surface area contributed by atoms with Gasteiger partial charge in [0.05, 0.1) is 0 Å². The van der Waals surface area contributed by atoms with Crippen molar-refractivity contribution in [1.29, 1.82) is 0 Å². The summed E-state index contributed by atoms with van der Waals surface area (Å²) in [6, 6.07) is 8.45. The van der Waals surface area contributed by atoms with Crippen LogP contribution in [0.3, 0.4) is 0 Å². The van der Waals surface area contributed by atoms with Gasteiger partial charge in [0.25, 0.3) is 0 Å². The molecule has 0 saturated carbocycles. The third-order valence-electron chi connectivity index (χ3n) is 2.04. The molecule has 0 aliphatic rings. The molecule has 0 aromatic heterocycles. The molecule has 76 valence electrons. The number of nitrogens with one attached hydrogen (secondary N) is 1. The van der Waals surface area contributed by atoms with E-state index in [0.717, 1.165) is 6.54 Å². The van der Waals surface area contributed by atoms with Gasteiger partial charge < -0.3 is 5.32 Å². The molecule has 1 heteroatoms. The predicted octanol–water partition coefficient (Wildman–Crippen LogP) is 3.22. The lowest BCUT2D eigenvalue weighted by Crippen LogP contribution is -2.35. The van der Waals surface area contributed by atoms with Crippen LogP contribution in [0.25, 0.3) is 6.08 Å². The van der Waals surface area contributed by atoms with Crippen LogP contribution in [0.2, 0.25) is 0 Å². The normalized spacial score (nSPS) is 11.4. The maximum atomic E-state index is 3.73. The molecule has 14 heavy (non-hydrogen) atoms. The van der Waals surface area contributed by atoms with Crippen LogP contribution in [0, 0.1) is 0 Å². The van der Waals surface area contributed by atoms with Crippen LogP contribution in [0.1, 0.15) is 31.9 Å². The molecule has 1 nitrogen and oxygen atoms in total. The zero-order chi connectivity index (χ0) is 10.6. The highest BCUT2D eigenvalue weighted by atomic mass is 14.9. The van der Waals surface area contributed by atoms with Gasteiger partial charge >= 0.3 is 0 Å². The van der Waals surface area contributed by atoms with Crippen LogP contribution in [0.4, 0.5) is 0 Å². The van der Waals surface area contributed by atoms with E-state index in [1.165, 1.54) is 11.1 Å². The number of benzene rings is 1. The Hall–Kier alpha value is -1.08. The maximum Gasteiger partial charge on any atom is 0.0210 e. The van der Waals surface area contributed by atoms with Crippen molar-refractivity contribution in [3.05, 3.63) is 42.0 Å². The molecular weight excluding hydrogens is 170 g/mol. The first kappa shape index (κ1) is 11.0. The molecule has 0 heterocycles. The molecule has 0 spiro atoms. The van der Waals surface area contributed by atoms with E-state index in [-0.39, 0.29) is 5.54 Å². The Balaban J connectivity index is 2.56. The molecule has 0 aliphatic heterocycles. The summed E-state index contributed by atoms with van der Waals surface area (Å²) in [6.45, 7) is 11.2. The van der Waals surface area contributed by atoms with E-state index in [0.29, 0.717) is 0 Å². The number of hydrogen-bond donors (Lipinski definition) is 1. The zero-order valence-corrected chi connectivity index (χ0v) is 9.30. The summed E-state index contributed by atoms with van der Waals surface area (Å²) < 4.78 is 0. The Morgan fingerprint density at radius 3 is 2.21 bits per heavy atom. The topological polar surface area (TPSA) is 12.0 Å². The average Bonchev–Trinajstić information content (AvgIpc) is 2.14. The molecule has 1 N–H and O–H groups in total. The minimum absolute atomic E-state index is 0.178. The van der Waals surface area contributed by atoms with Crippen LogP contribution >= 0.6 is 0 Å². The Morgan fingerprint density at radius 2 is 1.79 bits per heavy atom. The average molecular weight is 189 g/mol. The van der Waals surface area contributed by atoms with E-state index in [4.69, 9.17) is 0 Å². The summed E-state index contributed by atoms with van der Waals surface area (Å²) in [7, 11) is 0. The molecule has 0 unspecified atom stereocenters. The lowest BCUT2D eigenvalue weighted by atomic mass is 10.1. The van der Waals surface area contributed by atoms with Crippen molar-refractivity contribution in [2.75, 3.05) is 0 Å². The van der Waals surface area contributed by atoms with E-state index < -0.39 is 0 Å². The molecule has 0 atom stereocenters. The fourth-order valence-corrected chi connectivity index (χ4v) is 1.14. The van der Waals surface area contributed by atoms with Crippen molar-refractivity contribution in [3.63, 3.8) is 0 Å². The van der Waals surface area contributed by atoms with Crippen molar-refractivity contribution in [3.8, 4) is 0 Å². The molecule has 0 fully saturated rings. The van der Waals surface area contributed by atoms with E-state index in [9.17, 15) is 0 Å². The first-order chi connectivity index (χ1) is 6.51. The molecule has 0 amide bonds. The van der Waals surface area contributed by atoms with Gasteiger partial charge in [-0.25, -0.2) is 0 Å². The van der Waals surface area contributed by atoms with Crippen molar-refractivity contribution in [2.45, 2.75) is 32.9 Å². The molecule has 1 aromatic rings. The van der Waals surface area contributed by atoms with Gasteiger partial charge in [-0.3, -0.25) is 0 Å². The monoisotopic (exact) mass is 189 g/mol. The maximum absolute atomic E-state index is 3.73. The second-order valence-corrected chi connectivity index (χ2v) is 4.55. The number of hydrogen-bond acceptors (Lipinski definition) is 1. The largest absolute Gasteiger partial charge is 0.308 e. The van der Waals surface area contributed by atoms with E-state index in [2.05, 4.69) is 56.9 Å². The van der Waals surface area contributed by atoms with E-state index >= 15 is 0 Å². The molecule has 1 aromatic carbocycles. The summed E-state index contributed by atoms with van der Waals surface area (Å²) in [5.74, 6) is 0. The fourth-order valence-electron chi connectivity index (χ4n) is 1.14. The van der Waals surface area contributed by atoms with E-state index in [1.807, 2.05) is 6.08 Å². The third-order valence-corrected chi connectivity index (χ3v) is 2.04. The highest BCUT2D eigenvalue weighted by molar-refractivity contribution is 5.47. The number of rotatable bonds is 3. The quantitative estimate of drug-likeness (QED) is 0.770. The molecule has 0 saturated heterocycles. The molecule has 0 aliphatic carbocycles. The van der Waals surface area contributed by atoms with Gasteiger partial charge in [-0.15, -0.1) is 0 Å². The smallest absolute Gasteiger partial charge is 0.0210 e. The SMILES string of the molecule is C=Cc1ccc(CNC(C)(C)C)cc1. The summed E-state index contributed by atoms with van der Waals surface area (Å²) in [5.41, 5.74) is 2.66. The van der Waals surface area contributed by atoms with Crippen molar-refractivity contribution in [1.82, 2.24) is 5.32 Å². The summed E-state index contributed by atoms with van der Waals surface area (Å²) in [6.07, 6.45) is 1.86. The van der Waals surface area contributed by atoms with Gasteiger partial charge in [-0.1, -0.05) is 36.9 Å². The van der Waals surface area contributed by atoms with Crippen LogP contribution in [-0.2, 0) is 6.54 Å². The summed E-state index contributed by atoms with van der Waals surface area (Å²) in [5, 5.41) is 3.45. The molecule has 1 rings (SSSR count). The first-order valence-corrected chi connectivity index (χ1v) is 4.98. The van der Waals surface area contributed by atoms with Gasteiger partial charge in [0.15, 0.2) is 0 Å². The van der Waals surface area contributed by atoms with Gasteiger partial charge in [0.2, 0.25) is 0 Å². The van der Waals surface area contributed by atoms with Crippen LogP contribution in [-0.4, -0.2) is 5.54 Å². The van der Waals surface area contributed by atoms with Crippen molar-refractivity contribution in [2.24, 2.45) is 0 Å². The van der Waals surface area contributed by atoms with Crippen LogP contribution in [0.5, 0.6) is 0 Å². The second-order valence-electron chi connectivity index (χ2n) is 4.55. The highest BCUT2D eigenvalue weighted by Gasteiger charge is 2.07. The predicted molar refractivity (Wildman–Crippen MR) is 63.1 cm³/mol. The minimum atomic E-state index is 0.178. The zero-order valence-electron chi connectivity index (χ0n) is 9.30. The minimum Gasteiger partial charge on any atom is -0.308 e. The van der Waals surface area contributed by atoms with Gasteiger partial charge in [0.1, 0.15) is 0 Å². The van der Waals surface area contributed by atoms with Crippen LogP contribution < -0.4 is 5.32 Å². The van der Waals surface area contributed by atoms with Crippen molar-refractivity contribution >= 4 is 6.08 Å². The van der Waals surface area contributed by atoms with Gasteiger partial charge in [0, 0.05) is 12.1 Å². The lowest BCUT2D eigenvalue weighted by Gasteiger charge is -2.20. The van der Waals surface area contributed by atoms with E-state index in [1.54, 1.807) is 0 Å². The van der Waals surface area contributed by atoms with Crippen molar-refractivity contribution < 1.29 is 0 Å². The molecule has 0 radical (unpaired) electrons. The Kier molecular flexibility index (Phi) is 3.48. The Morgan fingerprint density at radius 1 is 1.21 bits per heavy atom. The molecular formula is C13H19N. The Labute approximate surface area is 86.8 Å². The lowest BCUT2D eigenvalue weighted by molar-refractivity contribution is 0.424. The van der Waals surface area contributed by atoms with Crippen LogP contribution in [0.15, 0.2) is 30.8 Å². The Bertz CT molecular complexity index is 290. The molecule has 0 bridgehead atoms. The van der Waals surface area contributed by atoms with Gasteiger partial charge in [-0.05, 0) is 31.9 Å². The first-order valence-electron chi connectivity index (χ1n) is 4.98. The second kappa shape index (κ2) is 4.43. The standard InChI is InChI=1S/C13H19N/c1-5-11-6-8-12(9-7-11)10-14-13(2,3)4/h5-9,14H,1,10H2,2-4H3. The highest BCUT2D eigenvalue weighted by Crippen LogP contribution is 2.07. The van der Waals surface area contributed by atoms with Gasteiger partial charge in [-0.2, -0.15) is 0 Å². The third kappa shape index (κ3) is 3.75. The summed E-state index contributed by atoms with van der Waals surface area (Å²) >= 11 is 0. The fraction of sp³-hybridized carbons (Fsp3) is 0.385. The summed E-state index contributed by atoms with van der Waals surface area (Å²) in [4.78, 5) is 0.